The van der Waals surface area contributed by atoms with E-state index in [0.29, 0.717) is 5.69 Å². The highest BCUT2D eigenvalue weighted by Gasteiger charge is 2.18. The molecule has 0 atom stereocenters. The van der Waals surface area contributed by atoms with Gasteiger partial charge in [-0.1, -0.05) is 6.07 Å². The van der Waals surface area contributed by atoms with Crippen LogP contribution in [0.25, 0.3) is 10.9 Å². The van der Waals surface area contributed by atoms with Gasteiger partial charge >= 0.3 is 5.69 Å². The Bertz CT molecular complexity index is 1100. The molecular formula is C19H16N4O4S. The predicted octanol–water partition coefficient (Wildman–Crippen LogP) is 3.59. The first-order valence-corrected chi connectivity index (χ1v) is 8.61. The second-order valence-electron chi connectivity index (χ2n) is 5.88. The SMILES string of the molecule is COc1ccc(C(=O)NC(=S)Nc2cccc3nc(C)ccc23)cc1[N+](=O)[O-]. The zero-order chi connectivity index (χ0) is 20.3. The molecular weight excluding hydrogens is 380 g/mol. The van der Waals surface area contributed by atoms with Crippen molar-refractivity contribution in [2.24, 2.45) is 0 Å². The van der Waals surface area contributed by atoms with Crippen molar-refractivity contribution in [2.45, 2.75) is 6.92 Å². The van der Waals surface area contributed by atoms with Gasteiger partial charge in [-0.3, -0.25) is 25.2 Å². The number of amides is 1. The molecule has 1 aromatic heterocycles. The maximum atomic E-state index is 12.4. The van der Waals surface area contributed by atoms with E-state index in [9.17, 15) is 14.9 Å². The number of rotatable bonds is 4. The van der Waals surface area contributed by atoms with Crippen molar-refractivity contribution >= 4 is 45.5 Å². The number of carbonyl (C=O) groups is 1. The van der Waals surface area contributed by atoms with Crippen molar-refractivity contribution in [3.63, 3.8) is 0 Å². The molecule has 0 saturated heterocycles. The number of hydrogen-bond donors (Lipinski definition) is 2. The number of nitro benzene ring substituents is 1. The summed E-state index contributed by atoms with van der Waals surface area (Å²) >= 11 is 5.21. The summed E-state index contributed by atoms with van der Waals surface area (Å²) < 4.78 is 4.93. The van der Waals surface area contributed by atoms with Crippen LogP contribution in [0.5, 0.6) is 5.75 Å². The number of nitrogens with one attached hydrogen (secondary N) is 2. The van der Waals surface area contributed by atoms with Gasteiger partial charge in [-0.05, 0) is 55.5 Å². The van der Waals surface area contributed by atoms with Crippen LogP contribution in [0.1, 0.15) is 16.1 Å². The van der Waals surface area contributed by atoms with Crippen LogP contribution in [0.2, 0.25) is 0 Å². The number of ether oxygens (including phenoxy) is 1. The number of hydrogen-bond acceptors (Lipinski definition) is 6. The Kier molecular flexibility index (Phi) is 5.46. The lowest BCUT2D eigenvalue weighted by Gasteiger charge is -2.12. The number of benzene rings is 2. The van der Waals surface area contributed by atoms with Gasteiger partial charge in [0.05, 0.1) is 17.5 Å². The van der Waals surface area contributed by atoms with Crippen molar-refractivity contribution in [1.29, 1.82) is 0 Å². The average Bonchev–Trinajstić information content (AvgIpc) is 2.67. The Labute approximate surface area is 165 Å². The summed E-state index contributed by atoms with van der Waals surface area (Å²) in [7, 11) is 1.32. The van der Waals surface area contributed by atoms with Crippen molar-refractivity contribution < 1.29 is 14.5 Å². The summed E-state index contributed by atoms with van der Waals surface area (Å²) in [6, 6.07) is 13.2. The number of fused-ring (bicyclic) bond motifs is 1. The lowest BCUT2D eigenvalue weighted by atomic mass is 10.1. The fraction of sp³-hybridized carbons (Fsp3) is 0.105. The van der Waals surface area contributed by atoms with Gasteiger partial charge in [0.1, 0.15) is 0 Å². The van der Waals surface area contributed by atoms with E-state index in [1.165, 1.54) is 19.2 Å². The zero-order valence-corrected chi connectivity index (χ0v) is 15.9. The summed E-state index contributed by atoms with van der Waals surface area (Å²) in [6.45, 7) is 1.90. The predicted molar refractivity (Wildman–Crippen MR) is 110 cm³/mol. The van der Waals surface area contributed by atoms with Gasteiger partial charge in [-0.15, -0.1) is 0 Å². The molecule has 0 unspecified atom stereocenters. The molecule has 1 heterocycles. The third kappa shape index (κ3) is 4.04. The van der Waals surface area contributed by atoms with Gasteiger partial charge in [0, 0.05) is 28.4 Å². The summed E-state index contributed by atoms with van der Waals surface area (Å²) in [5.74, 6) is -0.502. The van der Waals surface area contributed by atoms with Crippen molar-refractivity contribution in [3.05, 3.63) is 69.9 Å². The van der Waals surface area contributed by atoms with Gasteiger partial charge < -0.3 is 10.1 Å². The molecule has 3 rings (SSSR count). The smallest absolute Gasteiger partial charge is 0.311 e. The van der Waals surface area contributed by atoms with Crippen LogP contribution in [-0.4, -0.2) is 28.0 Å². The third-order valence-corrected chi connectivity index (χ3v) is 4.19. The van der Waals surface area contributed by atoms with E-state index < -0.39 is 10.8 Å². The molecule has 2 N–H and O–H groups in total. The number of carbonyl (C=O) groups excluding carboxylic acids is 1. The average molecular weight is 396 g/mol. The Morgan fingerprint density at radius 2 is 2.00 bits per heavy atom. The number of thiocarbonyl (C=S) groups is 1. The van der Waals surface area contributed by atoms with Crippen LogP contribution in [0, 0.1) is 17.0 Å². The van der Waals surface area contributed by atoms with Crippen molar-refractivity contribution in [3.8, 4) is 5.75 Å². The highest BCUT2D eigenvalue weighted by Crippen LogP contribution is 2.27. The molecule has 0 aliphatic heterocycles. The Balaban J connectivity index is 1.78. The summed E-state index contributed by atoms with van der Waals surface area (Å²) in [5, 5.41) is 17.5. The van der Waals surface area contributed by atoms with E-state index in [1.807, 2.05) is 37.3 Å². The first-order valence-electron chi connectivity index (χ1n) is 8.20. The number of methoxy groups -OCH3 is 1. The second kappa shape index (κ2) is 7.97. The molecule has 0 aliphatic carbocycles. The minimum atomic E-state index is -0.614. The number of pyridine rings is 1. The van der Waals surface area contributed by atoms with Gasteiger partial charge in [-0.25, -0.2) is 0 Å². The minimum Gasteiger partial charge on any atom is -0.490 e. The molecule has 0 aliphatic rings. The summed E-state index contributed by atoms with van der Waals surface area (Å²) in [6.07, 6.45) is 0. The van der Waals surface area contributed by atoms with Crippen LogP contribution in [0.3, 0.4) is 0 Å². The van der Waals surface area contributed by atoms with Gasteiger partial charge in [0.15, 0.2) is 10.9 Å². The van der Waals surface area contributed by atoms with Crippen LogP contribution >= 0.6 is 12.2 Å². The highest BCUT2D eigenvalue weighted by molar-refractivity contribution is 7.80. The molecule has 0 fully saturated rings. The molecule has 0 radical (unpaired) electrons. The Morgan fingerprint density at radius 1 is 1.21 bits per heavy atom. The van der Waals surface area contributed by atoms with E-state index in [4.69, 9.17) is 17.0 Å². The molecule has 9 heteroatoms. The van der Waals surface area contributed by atoms with Crippen molar-refractivity contribution in [1.82, 2.24) is 10.3 Å². The Hall–Kier alpha value is -3.59. The lowest BCUT2D eigenvalue weighted by molar-refractivity contribution is -0.385. The van der Waals surface area contributed by atoms with E-state index in [1.54, 1.807) is 0 Å². The second-order valence-corrected chi connectivity index (χ2v) is 6.29. The molecule has 2 aromatic carbocycles. The fourth-order valence-electron chi connectivity index (χ4n) is 2.67. The molecule has 8 nitrogen and oxygen atoms in total. The van der Waals surface area contributed by atoms with Gasteiger partial charge in [0.25, 0.3) is 5.91 Å². The molecule has 0 saturated carbocycles. The molecule has 1 amide bonds. The van der Waals surface area contributed by atoms with E-state index in [2.05, 4.69) is 15.6 Å². The standard InChI is InChI=1S/C19H16N4O4S/c1-11-6-8-13-14(20-11)4-3-5-15(13)21-19(28)22-18(24)12-7-9-17(27-2)16(10-12)23(25)26/h3-10H,1-2H3,(H2,21,22,24,28). The number of aromatic nitrogens is 1. The van der Waals surface area contributed by atoms with E-state index >= 15 is 0 Å². The monoisotopic (exact) mass is 396 g/mol. The maximum Gasteiger partial charge on any atom is 0.311 e. The minimum absolute atomic E-state index is 0.0662. The summed E-state index contributed by atoms with van der Waals surface area (Å²) in [4.78, 5) is 27.4. The topological polar surface area (TPSA) is 106 Å². The third-order valence-electron chi connectivity index (χ3n) is 3.98. The fourth-order valence-corrected chi connectivity index (χ4v) is 2.87. The molecule has 142 valence electrons. The largest absolute Gasteiger partial charge is 0.490 e. The van der Waals surface area contributed by atoms with Crippen LogP contribution in [-0.2, 0) is 0 Å². The normalized spacial score (nSPS) is 10.4. The zero-order valence-electron chi connectivity index (χ0n) is 15.1. The van der Waals surface area contributed by atoms with E-state index in [0.717, 1.165) is 22.7 Å². The van der Waals surface area contributed by atoms with Crippen LogP contribution in [0.15, 0.2) is 48.5 Å². The lowest BCUT2D eigenvalue weighted by Crippen LogP contribution is -2.34. The summed E-state index contributed by atoms with van der Waals surface area (Å²) in [5.41, 5.74) is 2.17. The van der Waals surface area contributed by atoms with Gasteiger partial charge in [0.2, 0.25) is 0 Å². The number of nitro groups is 1. The number of aryl methyl sites for hydroxylation is 1. The van der Waals surface area contributed by atoms with Crippen molar-refractivity contribution in [2.75, 3.05) is 12.4 Å². The number of anilines is 1. The van der Waals surface area contributed by atoms with Gasteiger partial charge in [-0.2, -0.15) is 0 Å². The Morgan fingerprint density at radius 3 is 2.71 bits per heavy atom. The first-order chi connectivity index (χ1) is 13.4. The number of nitrogens with zero attached hydrogens (tertiary/aromatic N) is 2. The molecule has 3 aromatic rings. The molecule has 0 bridgehead atoms. The molecule has 0 spiro atoms. The quantitative estimate of drug-likeness (QED) is 0.394. The first kappa shape index (κ1) is 19.2. The highest BCUT2D eigenvalue weighted by atomic mass is 32.1. The van der Waals surface area contributed by atoms with Crippen LogP contribution < -0.4 is 15.4 Å². The van der Waals surface area contributed by atoms with E-state index in [-0.39, 0.29) is 22.1 Å². The maximum absolute atomic E-state index is 12.4. The van der Waals surface area contributed by atoms with Crippen LogP contribution in [0.4, 0.5) is 11.4 Å². The molecule has 28 heavy (non-hydrogen) atoms.